The number of hydrogen-bond donors (Lipinski definition) is 1. The number of carboxylic acids is 1. The van der Waals surface area contributed by atoms with Crippen LogP contribution in [0, 0.1) is 0 Å². The Kier molecular flexibility index (Phi) is 2.70. The highest BCUT2D eigenvalue weighted by Gasteiger charge is 2.10. The zero-order chi connectivity index (χ0) is 10.8. The van der Waals surface area contributed by atoms with E-state index in [1.807, 2.05) is 17.5 Å². The molecule has 0 unspecified atom stereocenters. The fraction of sp³-hybridized carbons (Fsp3) is 0. The van der Waals surface area contributed by atoms with Gasteiger partial charge in [-0.25, -0.2) is 4.79 Å². The van der Waals surface area contributed by atoms with Gasteiger partial charge in [0.15, 0.2) is 0 Å². The predicted molar refractivity (Wildman–Crippen MR) is 59.5 cm³/mol. The number of rotatable bonds is 2. The van der Waals surface area contributed by atoms with Crippen LogP contribution >= 0.6 is 22.9 Å². The van der Waals surface area contributed by atoms with E-state index in [1.54, 1.807) is 0 Å². The second kappa shape index (κ2) is 4.00. The zero-order valence-electron chi connectivity index (χ0n) is 7.48. The van der Waals surface area contributed by atoms with Gasteiger partial charge in [-0.3, -0.25) is 4.98 Å². The Bertz CT molecular complexity index is 496. The quantitative estimate of drug-likeness (QED) is 0.876. The van der Waals surface area contributed by atoms with Crippen LogP contribution < -0.4 is 0 Å². The van der Waals surface area contributed by atoms with Gasteiger partial charge in [0.1, 0.15) is 0 Å². The van der Waals surface area contributed by atoms with E-state index in [9.17, 15) is 4.79 Å². The van der Waals surface area contributed by atoms with Crippen molar-refractivity contribution in [1.29, 1.82) is 0 Å². The van der Waals surface area contributed by atoms with Gasteiger partial charge < -0.3 is 5.11 Å². The molecule has 0 fully saturated rings. The summed E-state index contributed by atoms with van der Waals surface area (Å²) in [6.07, 6.45) is 1.31. The number of carboxylic acid groups (broad SMARTS) is 1. The Balaban J connectivity index is 2.48. The van der Waals surface area contributed by atoms with Crippen LogP contribution in [-0.4, -0.2) is 16.1 Å². The molecule has 2 rings (SSSR count). The van der Waals surface area contributed by atoms with Crippen LogP contribution in [0.3, 0.4) is 0 Å². The molecule has 0 amide bonds. The van der Waals surface area contributed by atoms with Crippen LogP contribution in [-0.2, 0) is 0 Å². The lowest BCUT2D eigenvalue weighted by Gasteiger charge is -2.01. The number of halogens is 1. The monoisotopic (exact) mass is 239 g/mol. The standard InChI is InChI=1S/C10H6ClNO2S/c11-7-4-6(10(13)14)5-12-9(7)8-2-1-3-15-8/h1-5H,(H,13,14). The van der Waals surface area contributed by atoms with Crippen LogP contribution in [0.2, 0.25) is 5.02 Å². The maximum absolute atomic E-state index is 10.7. The van der Waals surface area contributed by atoms with Gasteiger partial charge in [-0.05, 0) is 17.5 Å². The largest absolute Gasteiger partial charge is 0.478 e. The summed E-state index contributed by atoms with van der Waals surface area (Å²) in [7, 11) is 0. The van der Waals surface area contributed by atoms with Crippen LogP contribution in [0.4, 0.5) is 0 Å². The molecule has 0 aromatic carbocycles. The fourth-order valence-corrected chi connectivity index (χ4v) is 2.21. The summed E-state index contributed by atoms with van der Waals surface area (Å²) in [5, 5.41) is 11.0. The zero-order valence-corrected chi connectivity index (χ0v) is 9.05. The van der Waals surface area contributed by atoms with Crippen LogP contribution in [0.25, 0.3) is 10.6 Å². The van der Waals surface area contributed by atoms with E-state index in [0.29, 0.717) is 10.7 Å². The molecule has 15 heavy (non-hydrogen) atoms. The van der Waals surface area contributed by atoms with Gasteiger partial charge in [0.2, 0.25) is 0 Å². The average Bonchev–Trinajstić information content (AvgIpc) is 2.70. The summed E-state index contributed by atoms with van der Waals surface area (Å²) in [5.74, 6) is -1.03. The second-order valence-electron chi connectivity index (χ2n) is 2.84. The minimum Gasteiger partial charge on any atom is -0.478 e. The third-order valence-corrected chi connectivity index (χ3v) is 3.01. The molecule has 1 N–H and O–H groups in total. The first-order valence-corrected chi connectivity index (χ1v) is 5.37. The molecule has 0 aliphatic rings. The molecule has 0 spiro atoms. The van der Waals surface area contributed by atoms with Gasteiger partial charge in [0, 0.05) is 6.20 Å². The number of thiophene rings is 1. The van der Waals surface area contributed by atoms with Gasteiger partial charge in [-0.1, -0.05) is 17.7 Å². The molecule has 2 heterocycles. The number of aromatic carboxylic acids is 1. The molecule has 0 aliphatic carbocycles. The van der Waals surface area contributed by atoms with Crippen molar-refractivity contribution in [3.8, 4) is 10.6 Å². The van der Waals surface area contributed by atoms with E-state index in [-0.39, 0.29) is 5.56 Å². The SMILES string of the molecule is O=C(O)c1cnc(-c2cccs2)c(Cl)c1. The normalized spacial score (nSPS) is 10.2. The van der Waals surface area contributed by atoms with Crippen molar-refractivity contribution < 1.29 is 9.90 Å². The number of aromatic nitrogens is 1. The second-order valence-corrected chi connectivity index (χ2v) is 4.19. The van der Waals surface area contributed by atoms with E-state index in [0.717, 1.165) is 4.88 Å². The van der Waals surface area contributed by atoms with Gasteiger partial charge >= 0.3 is 5.97 Å². The van der Waals surface area contributed by atoms with E-state index in [2.05, 4.69) is 4.98 Å². The topological polar surface area (TPSA) is 50.2 Å². The van der Waals surface area contributed by atoms with Gasteiger partial charge in [-0.15, -0.1) is 11.3 Å². The first-order valence-electron chi connectivity index (χ1n) is 4.11. The van der Waals surface area contributed by atoms with Gasteiger partial charge in [0.05, 0.1) is 21.2 Å². The van der Waals surface area contributed by atoms with Gasteiger partial charge in [0.25, 0.3) is 0 Å². The van der Waals surface area contributed by atoms with Crippen molar-refractivity contribution in [1.82, 2.24) is 4.98 Å². The van der Waals surface area contributed by atoms with Crippen molar-refractivity contribution in [2.45, 2.75) is 0 Å². The van der Waals surface area contributed by atoms with E-state index >= 15 is 0 Å². The molecule has 0 bridgehead atoms. The van der Waals surface area contributed by atoms with Crippen molar-refractivity contribution in [3.05, 3.63) is 40.4 Å². The highest BCUT2D eigenvalue weighted by atomic mass is 35.5. The minimum atomic E-state index is -1.03. The molecule has 5 heteroatoms. The minimum absolute atomic E-state index is 0.0975. The molecule has 2 aromatic rings. The van der Waals surface area contributed by atoms with E-state index in [1.165, 1.54) is 23.6 Å². The van der Waals surface area contributed by atoms with Gasteiger partial charge in [-0.2, -0.15) is 0 Å². The molecule has 0 saturated heterocycles. The van der Waals surface area contributed by atoms with Crippen molar-refractivity contribution in [2.24, 2.45) is 0 Å². The lowest BCUT2D eigenvalue weighted by molar-refractivity contribution is 0.0696. The molecule has 0 atom stereocenters. The smallest absolute Gasteiger partial charge is 0.337 e. The van der Waals surface area contributed by atoms with Crippen molar-refractivity contribution in [2.75, 3.05) is 0 Å². The third kappa shape index (κ3) is 2.00. The van der Waals surface area contributed by atoms with Crippen LogP contribution in [0.5, 0.6) is 0 Å². The van der Waals surface area contributed by atoms with Crippen LogP contribution in [0.15, 0.2) is 29.8 Å². The first kappa shape index (κ1) is 10.1. The molecular formula is C10H6ClNO2S. The lowest BCUT2D eigenvalue weighted by atomic mass is 10.2. The highest BCUT2D eigenvalue weighted by molar-refractivity contribution is 7.13. The number of carbonyl (C=O) groups is 1. The van der Waals surface area contributed by atoms with E-state index < -0.39 is 5.97 Å². The number of pyridine rings is 1. The Morgan fingerprint density at radius 1 is 1.53 bits per heavy atom. The predicted octanol–water partition coefficient (Wildman–Crippen LogP) is 3.16. The van der Waals surface area contributed by atoms with Crippen molar-refractivity contribution >= 4 is 28.9 Å². The highest BCUT2D eigenvalue weighted by Crippen LogP contribution is 2.29. The third-order valence-electron chi connectivity index (χ3n) is 1.84. The molecule has 0 aliphatic heterocycles. The summed E-state index contributed by atoms with van der Waals surface area (Å²) >= 11 is 7.46. The number of hydrogen-bond acceptors (Lipinski definition) is 3. The summed E-state index contributed by atoms with van der Waals surface area (Å²) in [6.45, 7) is 0. The number of nitrogens with zero attached hydrogens (tertiary/aromatic N) is 1. The summed E-state index contributed by atoms with van der Waals surface area (Å²) in [4.78, 5) is 15.6. The maximum atomic E-state index is 10.7. The van der Waals surface area contributed by atoms with Crippen LogP contribution in [0.1, 0.15) is 10.4 Å². The Hall–Kier alpha value is -1.39. The molecule has 2 aromatic heterocycles. The van der Waals surface area contributed by atoms with Crippen molar-refractivity contribution in [3.63, 3.8) is 0 Å². The maximum Gasteiger partial charge on any atom is 0.337 e. The Labute approximate surface area is 95.0 Å². The molecular weight excluding hydrogens is 234 g/mol. The molecule has 76 valence electrons. The molecule has 0 saturated carbocycles. The molecule has 0 radical (unpaired) electrons. The van der Waals surface area contributed by atoms with E-state index in [4.69, 9.17) is 16.7 Å². The Morgan fingerprint density at radius 2 is 2.33 bits per heavy atom. The average molecular weight is 240 g/mol. The molecule has 3 nitrogen and oxygen atoms in total. The fourth-order valence-electron chi connectivity index (χ4n) is 1.15. The lowest BCUT2D eigenvalue weighted by Crippen LogP contribution is -1.97. The summed E-state index contributed by atoms with van der Waals surface area (Å²) < 4.78 is 0. The first-order chi connectivity index (χ1) is 7.18. The Morgan fingerprint density at radius 3 is 2.87 bits per heavy atom. The summed E-state index contributed by atoms with van der Waals surface area (Å²) in [6, 6.07) is 5.19. The summed E-state index contributed by atoms with van der Waals surface area (Å²) in [5.41, 5.74) is 0.719.